The van der Waals surface area contributed by atoms with E-state index in [0.29, 0.717) is 25.6 Å². The van der Waals surface area contributed by atoms with E-state index in [0.717, 1.165) is 42.0 Å². The molecule has 3 N–H and O–H groups in total. The number of aryl methyl sites for hydroxylation is 3. The number of halogens is 1. The van der Waals surface area contributed by atoms with Gasteiger partial charge in [-0.1, -0.05) is 35.9 Å². The monoisotopic (exact) mass is 542 g/mol. The molecular weight excluding hydrogens is 504 g/mol. The Hall–Kier alpha value is -3.10. The van der Waals surface area contributed by atoms with Crippen LogP contribution in [0, 0.1) is 19.8 Å². The molecule has 4 rings (SSSR count). The number of nitrogens with one attached hydrogen (secondary N) is 3. The lowest BCUT2D eigenvalue weighted by molar-refractivity contribution is -0.137. The summed E-state index contributed by atoms with van der Waals surface area (Å²) in [5.41, 5.74) is 3.63. The predicted molar refractivity (Wildman–Crippen MR) is 149 cm³/mol. The molecule has 1 unspecified atom stereocenters. The number of hydrogen-bond acceptors (Lipinski definition) is 5. The van der Waals surface area contributed by atoms with E-state index in [1.54, 1.807) is 7.05 Å². The van der Waals surface area contributed by atoms with Crippen LogP contribution in [0.15, 0.2) is 42.5 Å². The second-order valence-electron chi connectivity index (χ2n) is 9.88. The van der Waals surface area contributed by atoms with E-state index in [-0.39, 0.29) is 36.9 Å². The van der Waals surface area contributed by atoms with Crippen LogP contribution < -0.4 is 20.7 Å². The van der Waals surface area contributed by atoms with Gasteiger partial charge >= 0.3 is 0 Å². The Balaban J connectivity index is 0.000000375. The van der Waals surface area contributed by atoms with Gasteiger partial charge in [-0.25, -0.2) is 0 Å². The van der Waals surface area contributed by atoms with Gasteiger partial charge in [-0.15, -0.1) is 0 Å². The normalized spacial score (nSPS) is 19.9. The van der Waals surface area contributed by atoms with Gasteiger partial charge in [0.05, 0.1) is 19.1 Å². The maximum Gasteiger partial charge on any atom is 0.240 e. The van der Waals surface area contributed by atoms with E-state index in [1.807, 2.05) is 42.5 Å². The van der Waals surface area contributed by atoms with Crippen LogP contribution in [0.3, 0.4) is 0 Å². The number of rotatable bonds is 1. The van der Waals surface area contributed by atoms with Crippen molar-refractivity contribution in [1.82, 2.24) is 20.9 Å². The van der Waals surface area contributed by atoms with Crippen LogP contribution >= 0.6 is 11.6 Å². The van der Waals surface area contributed by atoms with Crippen molar-refractivity contribution in [3.8, 4) is 5.75 Å². The molecule has 0 saturated heterocycles. The second-order valence-corrected chi connectivity index (χ2v) is 10.3. The highest BCUT2D eigenvalue weighted by Crippen LogP contribution is 2.33. The molecule has 0 radical (unpaired) electrons. The molecule has 0 bridgehead atoms. The lowest BCUT2D eigenvalue weighted by atomic mass is 10.1. The number of fused-ring (bicyclic) bond motifs is 1. The van der Waals surface area contributed by atoms with Crippen LogP contribution in [0.5, 0.6) is 5.75 Å². The fraction of sp³-hybridized carbons (Fsp3) is 0.483. The van der Waals surface area contributed by atoms with E-state index >= 15 is 0 Å². The Bertz CT molecular complexity index is 1110. The van der Waals surface area contributed by atoms with Crippen LogP contribution in [0.1, 0.15) is 36.0 Å². The Morgan fingerprint density at radius 1 is 0.947 bits per heavy atom. The molecule has 2 aliphatic rings. The zero-order valence-corrected chi connectivity index (χ0v) is 23.3. The summed E-state index contributed by atoms with van der Waals surface area (Å²) < 4.78 is 5.94. The molecule has 0 aromatic heterocycles. The highest BCUT2D eigenvalue weighted by molar-refractivity contribution is 6.30. The summed E-state index contributed by atoms with van der Waals surface area (Å²) in [5.74, 6) is 0.449. The molecular formula is C29H39ClN4O4. The van der Waals surface area contributed by atoms with Gasteiger partial charge in [-0.2, -0.15) is 0 Å². The van der Waals surface area contributed by atoms with Gasteiger partial charge in [0.2, 0.25) is 17.7 Å². The molecule has 2 aromatic carbocycles. The first kappa shape index (κ1) is 29.5. The number of benzene rings is 2. The first-order valence-electron chi connectivity index (χ1n) is 13.2. The minimum absolute atomic E-state index is 0.0686. The molecule has 38 heavy (non-hydrogen) atoms. The quantitative estimate of drug-likeness (QED) is 0.514. The third-order valence-corrected chi connectivity index (χ3v) is 6.91. The standard InChI is InChI=1S/C21H30N4O4.C8H9Cl/c1-25-14-19(27)24-13-18(26)22-10-4-6-15-5-2-3-7-17(15)29-12-11-23-20(21(25)28)16-8-9-16;1-6-3-4-8(9)5-7(6)2/h2-3,5,7,16,20,23H,4,6,8-14H2,1H3,(H,22,26)(H,24,27);3-5H,1-2H3. The molecule has 206 valence electrons. The highest BCUT2D eigenvalue weighted by Gasteiger charge is 2.37. The van der Waals surface area contributed by atoms with Crippen molar-refractivity contribution in [1.29, 1.82) is 0 Å². The van der Waals surface area contributed by atoms with E-state index in [4.69, 9.17) is 16.3 Å². The summed E-state index contributed by atoms with van der Waals surface area (Å²) in [6, 6.07) is 13.5. The molecule has 1 aliphatic heterocycles. The Kier molecular flexibility index (Phi) is 11.4. The summed E-state index contributed by atoms with van der Waals surface area (Å²) in [5, 5.41) is 9.51. The van der Waals surface area contributed by atoms with Crippen molar-refractivity contribution in [3.05, 3.63) is 64.2 Å². The molecule has 1 aliphatic carbocycles. The fourth-order valence-electron chi connectivity index (χ4n) is 4.15. The third-order valence-electron chi connectivity index (χ3n) is 6.67. The van der Waals surface area contributed by atoms with E-state index in [1.165, 1.54) is 16.0 Å². The number of likely N-dealkylation sites (N-methyl/N-ethyl adjacent to an activating group) is 1. The lowest BCUT2D eigenvalue weighted by Crippen LogP contribution is -2.50. The van der Waals surface area contributed by atoms with Gasteiger partial charge in [0, 0.05) is 25.2 Å². The zero-order valence-electron chi connectivity index (χ0n) is 22.5. The van der Waals surface area contributed by atoms with Gasteiger partial charge in [0.15, 0.2) is 0 Å². The largest absolute Gasteiger partial charge is 0.492 e. The van der Waals surface area contributed by atoms with E-state index in [9.17, 15) is 14.4 Å². The average Bonchev–Trinajstić information content (AvgIpc) is 3.73. The first-order chi connectivity index (χ1) is 18.2. The Labute approximate surface area is 230 Å². The summed E-state index contributed by atoms with van der Waals surface area (Å²) >= 11 is 5.72. The van der Waals surface area contributed by atoms with Crippen LogP contribution in [0.4, 0.5) is 0 Å². The number of carbonyl (C=O) groups excluding carboxylic acids is 3. The molecule has 1 atom stereocenters. The molecule has 1 saturated carbocycles. The minimum Gasteiger partial charge on any atom is -0.492 e. The van der Waals surface area contributed by atoms with Gasteiger partial charge in [0.1, 0.15) is 12.4 Å². The van der Waals surface area contributed by atoms with Gasteiger partial charge in [-0.3, -0.25) is 14.4 Å². The minimum atomic E-state index is -0.344. The summed E-state index contributed by atoms with van der Waals surface area (Å²) in [6.07, 6.45) is 3.57. The van der Waals surface area contributed by atoms with Crippen LogP contribution in [-0.2, 0) is 20.8 Å². The highest BCUT2D eigenvalue weighted by atomic mass is 35.5. The first-order valence-corrected chi connectivity index (χ1v) is 13.6. The summed E-state index contributed by atoms with van der Waals surface area (Å²) in [4.78, 5) is 38.2. The van der Waals surface area contributed by atoms with Crippen LogP contribution in [0.25, 0.3) is 0 Å². The Morgan fingerprint density at radius 3 is 2.42 bits per heavy atom. The maximum atomic E-state index is 12.8. The smallest absolute Gasteiger partial charge is 0.240 e. The number of nitrogens with zero attached hydrogens (tertiary/aromatic N) is 1. The molecule has 1 heterocycles. The SMILES string of the molecule is CN1CC(=O)NCC(=O)NCCCc2ccccc2OCCNC(C2CC2)C1=O.Cc1ccc(Cl)cc1C. The van der Waals surface area contributed by atoms with Crippen molar-refractivity contribution < 1.29 is 19.1 Å². The predicted octanol–water partition coefficient (Wildman–Crippen LogP) is 3.03. The topological polar surface area (TPSA) is 99.8 Å². The van der Waals surface area contributed by atoms with Crippen molar-refractivity contribution in [2.24, 2.45) is 5.92 Å². The molecule has 0 spiro atoms. The number of para-hydroxylation sites is 1. The van der Waals surface area contributed by atoms with Crippen LogP contribution in [-0.4, -0.2) is 68.5 Å². The van der Waals surface area contributed by atoms with Gasteiger partial charge < -0.3 is 25.6 Å². The number of carbonyl (C=O) groups is 3. The number of ether oxygens (including phenoxy) is 1. The number of amides is 3. The summed E-state index contributed by atoms with van der Waals surface area (Å²) in [6.45, 7) is 5.50. The Morgan fingerprint density at radius 2 is 1.71 bits per heavy atom. The van der Waals surface area contributed by atoms with E-state index in [2.05, 4.69) is 29.8 Å². The van der Waals surface area contributed by atoms with Crippen molar-refractivity contribution in [3.63, 3.8) is 0 Å². The summed E-state index contributed by atoms with van der Waals surface area (Å²) in [7, 11) is 1.62. The van der Waals surface area contributed by atoms with E-state index < -0.39 is 0 Å². The fourth-order valence-corrected chi connectivity index (χ4v) is 4.38. The van der Waals surface area contributed by atoms with Crippen molar-refractivity contribution in [2.75, 3.05) is 39.8 Å². The van der Waals surface area contributed by atoms with Crippen LogP contribution in [0.2, 0.25) is 5.02 Å². The lowest BCUT2D eigenvalue weighted by Gasteiger charge is -2.24. The molecule has 3 amide bonds. The molecule has 1 fully saturated rings. The van der Waals surface area contributed by atoms with Gasteiger partial charge in [-0.05, 0) is 80.3 Å². The van der Waals surface area contributed by atoms with Crippen molar-refractivity contribution in [2.45, 2.75) is 45.6 Å². The van der Waals surface area contributed by atoms with Crippen molar-refractivity contribution >= 4 is 29.3 Å². The maximum absolute atomic E-state index is 12.8. The molecule has 8 nitrogen and oxygen atoms in total. The average molecular weight is 543 g/mol. The second kappa shape index (κ2) is 14.7. The zero-order chi connectivity index (χ0) is 27.5. The number of hydrogen-bond donors (Lipinski definition) is 3. The molecule has 9 heteroatoms. The molecule has 2 aromatic rings. The van der Waals surface area contributed by atoms with Gasteiger partial charge in [0.25, 0.3) is 0 Å². The third kappa shape index (κ3) is 9.65.